The van der Waals surface area contributed by atoms with Crippen LogP contribution in [0.3, 0.4) is 0 Å². The third-order valence-corrected chi connectivity index (χ3v) is 7.48. The van der Waals surface area contributed by atoms with Crippen LogP contribution in [-0.2, 0) is 9.53 Å². The number of halogens is 3. The number of benzene rings is 2. The van der Waals surface area contributed by atoms with Crippen molar-refractivity contribution in [2.75, 3.05) is 6.61 Å². The molecule has 0 spiro atoms. The Morgan fingerprint density at radius 2 is 1.91 bits per heavy atom. The lowest BCUT2D eigenvalue weighted by Gasteiger charge is -2.24. The summed E-state index contributed by atoms with van der Waals surface area (Å²) in [4.78, 5) is 31.4. The molecule has 170 valence electrons. The first-order valence-corrected chi connectivity index (χ1v) is 12.6. The minimum atomic E-state index is -0.696. The first-order valence-electron chi connectivity index (χ1n) is 9.84. The number of aromatic hydroxyl groups is 1. The zero-order valence-corrected chi connectivity index (χ0v) is 22.2. The molecular weight excluding hydrogens is 596 g/mol. The number of nitrogens with zero attached hydrogens (tertiary/aromatic N) is 2. The number of phenols is 1. The Morgan fingerprint density at radius 3 is 2.52 bits per heavy atom. The molecule has 33 heavy (non-hydrogen) atoms. The number of esters is 1. The summed E-state index contributed by atoms with van der Waals surface area (Å²) in [6.07, 6.45) is 1.72. The fourth-order valence-corrected chi connectivity index (χ4v) is 5.97. The summed E-state index contributed by atoms with van der Waals surface area (Å²) in [6, 6.07) is 9.74. The van der Waals surface area contributed by atoms with E-state index in [0.29, 0.717) is 40.1 Å². The molecule has 0 bridgehead atoms. The minimum absolute atomic E-state index is 0.0750. The molecule has 1 atom stereocenters. The van der Waals surface area contributed by atoms with E-state index in [1.807, 2.05) is 0 Å². The van der Waals surface area contributed by atoms with E-state index in [2.05, 4.69) is 36.9 Å². The van der Waals surface area contributed by atoms with Crippen LogP contribution in [0, 0.1) is 0 Å². The first-order chi connectivity index (χ1) is 15.7. The van der Waals surface area contributed by atoms with Crippen molar-refractivity contribution in [2.24, 2.45) is 4.99 Å². The molecule has 0 fully saturated rings. The summed E-state index contributed by atoms with van der Waals surface area (Å²) in [5.74, 6) is -0.439. The van der Waals surface area contributed by atoms with Gasteiger partial charge >= 0.3 is 5.97 Å². The largest absolute Gasteiger partial charge is 0.506 e. The van der Waals surface area contributed by atoms with E-state index < -0.39 is 12.0 Å². The van der Waals surface area contributed by atoms with Gasteiger partial charge in [-0.05, 0) is 87.2 Å². The molecule has 2 heterocycles. The van der Waals surface area contributed by atoms with Crippen molar-refractivity contribution in [1.82, 2.24) is 4.57 Å². The van der Waals surface area contributed by atoms with Gasteiger partial charge < -0.3 is 9.84 Å². The van der Waals surface area contributed by atoms with Crippen molar-refractivity contribution in [3.63, 3.8) is 0 Å². The first kappa shape index (κ1) is 23.9. The maximum Gasteiger partial charge on any atom is 0.338 e. The molecule has 3 aromatic rings. The quantitative estimate of drug-likeness (QED) is 0.434. The van der Waals surface area contributed by atoms with Crippen molar-refractivity contribution in [2.45, 2.75) is 19.9 Å². The van der Waals surface area contributed by atoms with Gasteiger partial charge in [0.05, 0.1) is 37.4 Å². The molecule has 1 N–H and O–H groups in total. The summed E-state index contributed by atoms with van der Waals surface area (Å²) < 4.78 is 8.23. The van der Waals surface area contributed by atoms with Crippen LogP contribution in [0.15, 0.2) is 66.4 Å². The normalized spacial score (nSPS) is 15.9. The van der Waals surface area contributed by atoms with Crippen LogP contribution in [-0.4, -0.2) is 22.2 Å². The zero-order valence-electron chi connectivity index (χ0n) is 17.4. The molecule has 0 saturated heterocycles. The molecule has 1 aliphatic heterocycles. The average molecular weight is 613 g/mol. The summed E-state index contributed by atoms with van der Waals surface area (Å²) >= 11 is 13.9. The summed E-state index contributed by atoms with van der Waals surface area (Å²) in [7, 11) is 0. The molecule has 0 aliphatic carbocycles. The Morgan fingerprint density at radius 1 is 1.27 bits per heavy atom. The lowest BCUT2D eigenvalue weighted by molar-refractivity contribution is -0.139. The Bertz CT molecular complexity index is 1450. The fraction of sp³-hybridized carbons (Fsp3) is 0.174. The number of carbonyl (C=O) groups is 1. The second-order valence-corrected chi connectivity index (χ2v) is 10.3. The maximum atomic E-state index is 13.5. The van der Waals surface area contributed by atoms with Crippen molar-refractivity contribution in [1.29, 1.82) is 0 Å². The van der Waals surface area contributed by atoms with Crippen LogP contribution in [0.5, 0.6) is 5.75 Å². The maximum absolute atomic E-state index is 13.5. The SMILES string of the molecule is CCOC(=O)C1=C(C)N=c2sc(=Cc3cc(Br)c(O)c(Br)c3)c(=O)n2C1c1ccc(Cl)cc1. The topological polar surface area (TPSA) is 80.9 Å². The summed E-state index contributed by atoms with van der Waals surface area (Å²) in [5, 5.41) is 10.5. The number of ether oxygens (including phenoxy) is 1. The van der Waals surface area contributed by atoms with Gasteiger partial charge in [0.15, 0.2) is 4.80 Å². The van der Waals surface area contributed by atoms with E-state index >= 15 is 0 Å². The van der Waals surface area contributed by atoms with Crippen molar-refractivity contribution >= 4 is 66.8 Å². The summed E-state index contributed by atoms with van der Waals surface area (Å²) in [5.41, 5.74) is 1.96. The Kier molecular flexibility index (Phi) is 6.95. The van der Waals surface area contributed by atoms with Crippen molar-refractivity contribution < 1.29 is 14.6 Å². The molecule has 2 aromatic carbocycles. The van der Waals surface area contributed by atoms with E-state index in [1.54, 1.807) is 56.3 Å². The zero-order chi connectivity index (χ0) is 23.9. The third kappa shape index (κ3) is 4.59. The molecule has 10 heteroatoms. The van der Waals surface area contributed by atoms with Gasteiger partial charge in [0, 0.05) is 5.02 Å². The molecular formula is C23H17Br2ClN2O4S. The highest BCUT2D eigenvalue weighted by molar-refractivity contribution is 9.11. The Balaban J connectivity index is 1.96. The van der Waals surface area contributed by atoms with E-state index in [4.69, 9.17) is 16.3 Å². The average Bonchev–Trinajstić information content (AvgIpc) is 3.06. The molecule has 1 aliphatic rings. The number of hydrogen-bond donors (Lipinski definition) is 1. The number of rotatable bonds is 4. The molecule has 0 amide bonds. The molecule has 0 radical (unpaired) electrons. The monoisotopic (exact) mass is 610 g/mol. The Hall–Kier alpha value is -2.20. The number of hydrogen-bond acceptors (Lipinski definition) is 6. The number of aromatic nitrogens is 1. The predicted octanol–water partition coefficient (Wildman–Crippen LogP) is 4.68. The van der Waals surface area contributed by atoms with E-state index in [1.165, 1.54) is 15.9 Å². The number of thiazole rings is 1. The number of phenolic OH excluding ortho intramolecular Hbond substituents is 1. The minimum Gasteiger partial charge on any atom is -0.506 e. The van der Waals surface area contributed by atoms with Gasteiger partial charge in [0.2, 0.25) is 0 Å². The van der Waals surface area contributed by atoms with Crippen molar-refractivity contribution in [3.05, 3.63) is 92.5 Å². The Labute approximate surface area is 214 Å². The van der Waals surface area contributed by atoms with Gasteiger partial charge in [-0.2, -0.15) is 0 Å². The molecule has 1 aromatic heterocycles. The molecule has 4 rings (SSSR count). The van der Waals surface area contributed by atoms with Gasteiger partial charge in [0.1, 0.15) is 5.75 Å². The molecule has 6 nitrogen and oxygen atoms in total. The van der Waals surface area contributed by atoms with Gasteiger partial charge in [-0.3, -0.25) is 9.36 Å². The van der Waals surface area contributed by atoms with Crippen LogP contribution in [0.2, 0.25) is 5.02 Å². The van der Waals surface area contributed by atoms with Crippen LogP contribution in [0.4, 0.5) is 0 Å². The second kappa shape index (κ2) is 9.58. The van der Waals surface area contributed by atoms with E-state index in [0.717, 1.165) is 5.56 Å². The van der Waals surface area contributed by atoms with E-state index in [9.17, 15) is 14.7 Å². The second-order valence-electron chi connectivity index (χ2n) is 7.19. The third-order valence-electron chi connectivity index (χ3n) is 5.04. The lowest BCUT2D eigenvalue weighted by Crippen LogP contribution is -2.39. The van der Waals surface area contributed by atoms with Crippen LogP contribution < -0.4 is 14.9 Å². The highest BCUT2D eigenvalue weighted by Crippen LogP contribution is 2.34. The van der Waals surface area contributed by atoms with Gasteiger partial charge in [-0.15, -0.1) is 0 Å². The highest BCUT2D eigenvalue weighted by Gasteiger charge is 2.33. The number of carbonyl (C=O) groups excluding carboxylic acids is 1. The lowest BCUT2D eigenvalue weighted by atomic mass is 9.96. The van der Waals surface area contributed by atoms with E-state index in [-0.39, 0.29) is 17.9 Å². The smallest absolute Gasteiger partial charge is 0.338 e. The predicted molar refractivity (Wildman–Crippen MR) is 135 cm³/mol. The van der Waals surface area contributed by atoms with Crippen LogP contribution in [0.25, 0.3) is 6.08 Å². The van der Waals surface area contributed by atoms with Gasteiger partial charge in [0.25, 0.3) is 5.56 Å². The van der Waals surface area contributed by atoms with Crippen LogP contribution in [0.1, 0.15) is 31.0 Å². The highest BCUT2D eigenvalue weighted by atomic mass is 79.9. The van der Waals surface area contributed by atoms with Crippen LogP contribution >= 0.6 is 54.8 Å². The number of allylic oxidation sites excluding steroid dienone is 1. The van der Waals surface area contributed by atoms with Gasteiger partial charge in [-0.1, -0.05) is 35.1 Å². The standard InChI is InChI=1S/C23H17Br2ClN2O4S/c1-3-32-22(31)18-11(2)27-23-28(19(18)13-4-6-14(26)7-5-13)21(30)17(33-23)10-12-8-15(24)20(29)16(25)9-12/h4-10,19,29H,3H2,1-2H3. The number of fused-ring (bicyclic) bond motifs is 1. The molecule has 0 saturated carbocycles. The van der Waals surface area contributed by atoms with Crippen molar-refractivity contribution in [3.8, 4) is 5.75 Å². The summed E-state index contributed by atoms with van der Waals surface area (Å²) in [6.45, 7) is 3.67. The fourth-order valence-electron chi connectivity index (χ4n) is 3.57. The van der Waals surface area contributed by atoms with Gasteiger partial charge in [-0.25, -0.2) is 9.79 Å². The molecule has 1 unspecified atom stereocenters.